The van der Waals surface area contributed by atoms with Crippen molar-refractivity contribution < 1.29 is 9.84 Å². The van der Waals surface area contributed by atoms with E-state index in [9.17, 15) is 5.11 Å². The van der Waals surface area contributed by atoms with Gasteiger partial charge in [-0.2, -0.15) is 0 Å². The Morgan fingerprint density at radius 3 is 2.75 bits per heavy atom. The summed E-state index contributed by atoms with van der Waals surface area (Å²) in [6.07, 6.45) is 0.644. The maximum atomic E-state index is 9.30. The molecule has 2 aromatic rings. The molecule has 0 aliphatic rings. The summed E-state index contributed by atoms with van der Waals surface area (Å²) in [5.74, 6) is 0.831. The number of hydrogen-bond acceptors (Lipinski definition) is 4. The number of ether oxygens (including phenoxy) is 1. The minimum atomic E-state index is -0.114. The van der Waals surface area contributed by atoms with Crippen LogP contribution in [0.4, 0.5) is 0 Å². The molecule has 0 bridgehead atoms. The third-order valence-electron chi connectivity index (χ3n) is 2.84. The van der Waals surface area contributed by atoms with E-state index in [-0.39, 0.29) is 6.61 Å². The summed E-state index contributed by atoms with van der Waals surface area (Å²) in [5.41, 5.74) is 2.49. The topological polar surface area (TPSA) is 60.2 Å². The second-order valence-corrected chi connectivity index (χ2v) is 4.67. The van der Waals surface area contributed by atoms with E-state index in [0.717, 1.165) is 17.0 Å². The molecule has 0 aliphatic heterocycles. The van der Waals surface area contributed by atoms with Crippen molar-refractivity contribution in [3.8, 4) is 5.75 Å². The fraction of sp³-hybridized carbons (Fsp3) is 0.333. The molecule has 0 spiro atoms. The van der Waals surface area contributed by atoms with E-state index in [1.54, 1.807) is 4.68 Å². The number of aromatic nitrogens is 3. The third kappa shape index (κ3) is 3.68. The van der Waals surface area contributed by atoms with Crippen molar-refractivity contribution in [1.29, 1.82) is 0 Å². The zero-order chi connectivity index (χ0) is 14.4. The Hall–Kier alpha value is -2.14. The van der Waals surface area contributed by atoms with Crippen molar-refractivity contribution >= 4 is 0 Å². The molecular weight excluding hydrogens is 254 g/mol. The molecule has 2 rings (SSSR count). The molecule has 1 aromatic heterocycles. The minimum absolute atomic E-state index is 0.114. The van der Waals surface area contributed by atoms with E-state index in [1.165, 1.54) is 0 Å². The van der Waals surface area contributed by atoms with Gasteiger partial charge in [0, 0.05) is 6.42 Å². The summed E-state index contributed by atoms with van der Waals surface area (Å²) in [6.45, 7) is 6.81. The van der Waals surface area contributed by atoms with E-state index >= 15 is 0 Å². The summed E-state index contributed by atoms with van der Waals surface area (Å²) < 4.78 is 7.43. The van der Waals surface area contributed by atoms with Crippen LogP contribution in [0.5, 0.6) is 5.75 Å². The molecule has 1 heterocycles. The second-order valence-electron chi connectivity index (χ2n) is 4.67. The number of rotatable bonds is 7. The molecule has 106 valence electrons. The summed E-state index contributed by atoms with van der Waals surface area (Å²) in [4.78, 5) is 0. The van der Waals surface area contributed by atoms with Crippen molar-refractivity contribution in [2.75, 3.05) is 6.61 Å². The summed E-state index contributed by atoms with van der Waals surface area (Å²) in [5, 5.41) is 17.3. The monoisotopic (exact) mass is 273 g/mol. The highest BCUT2D eigenvalue weighted by molar-refractivity contribution is 5.21. The van der Waals surface area contributed by atoms with Gasteiger partial charge in [-0.1, -0.05) is 35.6 Å². The van der Waals surface area contributed by atoms with Gasteiger partial charge in [-0.3, -0.25) is 0 Å². The first-order valence-electron chi connectivity index (χ1n) is 6.55. The zero-order valence-corrected chi connectivity index (χ0v) is 11.6. The molecule has 0 atom stereocenters. The smallest absolute Gasteiger partial charge is 0.119 e. The van der Waals surface area contributed by atoms with E-state index in [1.807, 2.05) is 37.3 Å². The van der Waals surface area contributed by atoms with Gasteiger partial charge in [0.25, 0.3) is 0 Å². The average molecular weight is 273 g/mol. The Morgan fingerprint density at radius 2 is 2.10 bits per heavy atom. The molecule has 0 saturated heterocycles. The third-order valence-corrected chi connectivity index (χ3v) is 2.84. The van der Waals surface area contributed by atoms with Gasteiger partial charge in [-0.05, 0) is 19.1 Å². The van der Waals surface area contributed by atoms with Gasteiger partial charge in [-0.15, -0.1) is 5.10 Å². The van der Waals surface area contributed by atoms with Crippen LogP contribution < -0.4 is 4.74 Å². The normalized spacial score (nSPS) is 10.5. The van der Waals surface area contributed by atoms with Gasteiger partial charge in [0.2, 0.25) is 0 Å². The van der Waals surface area contributed by atoms with Crippen LogP contribution >= 0.6 is 0 Å². The van der Waals surface area contributed by atoms with Gasteiger partial charge in [0.1, 0.15) is 11.4 Å². The number of aliphatic hydroxyl groups excluding tert-OH is 1. The number of hydrogen-bond donors (Lipinski definition) is 1. The van der Waals surface area contributed by atoms with Crippen molar-refractivity contribution in [1.82, 2.24) is 15.0 Å². The summed E-state index contributed by atoms with van der Waals surface area (Å²) >= 11 is 0. The van der Waals surface area contributed by atoms with Crippen molar-refractivity contribution in [3.63, 3.8) is 0 Å². The molecule has 0 saturated carbocycles. The number of aliphatic hydroxyl groups is 1. The number of allylic oxidation sites excluding steroid dienone is 1. The van der Waals surface area contributed by atoms with E-state index in [0.29, 0.717) is 25.3 Å². The SMILES string of the molecule is C=C(C)Cn1nnc(CO)c1CCOc1ccccc1. The molecule has 0 fully saturated rings. The second kappa shape index (κ2) is 6.86. The lowest BCUT2D eigenvalue weighted by molar-refractivity contribution is 0.273. The summed E-state index contributed by atoms with van der Waals surface area (Å²) in [7, 11) is 0. The largest absolute Gasteiger partial charge is 0.493 e. The Kier molecular flexibility index (Phi) is 4.90. The van der Waals surface area contributed by atoms with Gasteiger partial charge < -0.3 is 9.84 Å². The molecule has 1 N–H and O–H groups in total. The van der Waals surface area contributed by atoms with Crippen LogP contribution in [0.25, 0.3) is 0 Å². The lowest BCUT2D eigenvalue weighted by Crippen LogP contribution is -2.11. The van der Waals surface area contributed by atoms with Gasteiger partial charge in [0.15, 0.2) is 0 Å². The molecular formula is C15H19N3O2. The van der Waals surface area contributed by atoms with E-state index in [4.69, 9.17) is 4.74 Å². The fourth-order valence-corrected chi connectivity index (χ4v) is 1.93. The van der Waals surface area contributed by atoms with Crippen LogP contribution in [0.1, 0.15) is 18.3 Å². The molecule has 20 heavy (non-hydrogen) atoms. The first kappa shape index (κ1) is 14.3. The predicted molar refractivity (Wildman–Crippen MR) is 76.4 cm³/mol. The quantitative estimate of drug-likeness (QED) is 0.783. The van der Waals surface area contributed by atoms with Crippen LogP contribution in [-0.2, 0) is 19.6 Å². The van der Waals surface area contributed by atoms with Crippen LogP contribution in [0, 0.1) is 0 Å². The van der Waals surface area contributed by atoms with Crippen molar-refractivity contribution in [3.05, 3.63) is 53.9 Å². The Balaban J connectivity index is 2.00. The molecule has 0 aliphatic carbocycles. The highest BCUT2D eigenvalue weighted by Gasteiger charge is 2.12. The first-order valence-corrected chi connectivity index (χ1v) is 6.55. The Morgan fingerprint density at radius 1 is 1.35 bits per heavy atom. The van der Waals surface area contributed by atoms with Gasteiger partial charge >= 0.3 is 0 Å². The summed E-state index contributed by atoms with van der Waals surface area (Å²) in [6, 6.07) is 9.64. The first-order chi connectivity index (χ1) is 9.70. The highest BCUT2D eigenvalue weighted by Crippen LogP contribution is 2.12. The fourth-order valence-electron chi connectivity index (χ4n) is 1.93. The lowest BCUT2D eigenvalue weighted by Gasteiger charge is -2.09. The minimum Gasteiger partial charge on any atom is -0.493 e. The van der Waals surface area contributed by atoms with E-state index in [2.05, 4.69) is 16.9 Å². The molecule has 5 nitrogen and oxygen atoms in total. The Bertz CT molecular complexity index is 564. The lowest BCUT2D eigenvalue weighted by atomic mass is 10.2. The molecule has 0 amide bonds. The van der Waals surface area contributed by atoms with Gasteiger partial charge in [0.05, 0.1) is 25.5 Å². The molecule has 5 heteroatoms. The average Bonchev–Trinajstić information content (AvgIpc) is 2.82. The standard InChI is InChI=1S/C15H19N3O2/c1-12(2)10-18-15(14(11-19)16-17-18)8-9-20-13-6-4-3-5-7-13/h3-7,19H,1,8-11H2,2H3. The maximum Gasteiger partial charge on any atom is 0.119 e. The Labute approximate surface area is 118 Å². The predicted octanol–water partition coefficient (Wildman–Crippen LogP) is 1.97. The van der Waals surface area contributed by atoms with Crippen LogP contribution in [0.2, 0.25) is 0 Å². The van der Waals surface area contributed by atoms with Gasteiger partial charge in [-0.25, -0.2) is 4.68 Å². The van der Waals surface area contributed by atoms with Crippen LogP contribution in [-0.4, -0.2) is 26.7 Å². The molecule has 0 radical (unpaired) electrons. The molecule has 1 aromatic carbocycles. The number of benzene rings is 1. The number of nitrogens with zero attached hydrogens (tertiary/aromatic N) is 3. The zero-order valence-electron chi connectivity index (χ0n) is 11.6. The number of para-hydroxylation sites is 1. The maximum absolute atomic E-state index is 9.30. The van der Waals surface area contributed by atoms with Crippen molar-refractivity contribution in [2.45, 2.75) is 26.5 Å². The van der Waals surface area contributed by atoms with Crippen LogP contribution in [0.3, 0.4) is 0 Å². The molecule has 0 unspecified atom stereocenters. The van der Waals surface area contributed by atoms with Crippen LogP contribution in [0.15, 0.2) is 42.5 Å². The van der Waals surface area contributed by atoms with E-state index < -0.39 is 0 Å². The highest BCUT2D eigenvalue weighted by atomic mass is 16.5. The van der Waals surface area contributed by atoms with Crippen molar-refractivity contribution in [2.24, 2.45) is 0 Å².